The first kappa shape index (κ1) is 13.0. The van der Waals surface area contributed by atoms with Crippen molar-refractivity contribution in [1.82, 2.24) is 0 Å². The monoisotopic (exact) mass is 292 g/mol. The molecule has 1 N–H and O–H groups in total. The first-order valence-corrected chi connectivity index (χ1v) is 7.14. The molecule has 0 radical (unpaired) electrons. The zero-order valence-electron chi connectivity index (χ0n) is 10.3. The summed E-state index contributed by atoms with van der Waals surface area (Å²) in [6.07, 6.45) is 1.76. The van der Waals surface area contributed by atoms with E-state index in [4.69, 9.17) is 23.2 Å². The molecule has 1 fully saturated rings. The van der Waals surface area contributed by atoms with Gasteiger partial charge in [0.05, 0.1) is 10.0 Å². The largest absolute Gasteiger partial charge is 0.384 e. The molecule has 1 aliphatic rings. The number of benzene rings is 2. The van der Waals surface area contributed by atoms with Gasteiger partial charge >= 0.3 is 0 Å². The van der Waals surface area contributed by atoms with Crippen molar-refractivity contribution in [2.45, 2.75) is 24.9 Å². The Hall–Kier alpha value is -1.02. The lowest BCUT2D eigenvalue weighted by molar-refractivity contribution is 0.220. The lowest BCUT2D eigenvalue weighted by Crippen LogP contribution is -2.01. The number of rotatable bonds is 3. The van der Waals surface area contributed by atoms with Gasteiger partial charge in [-0.05, 0) is 36.0 Å². The van der Waals surface area contributed by atoms with Crippen molar-refractivity contribution in [3.8, 4) is 0 Å². The second kappa shape index (κ2) is 5.16. The Balaban J connectivity index is 1.96. The van der Waals surface area contributed by atoms with Crippen molar-refractivity contribution in [2.75, 3.05) is 0 Å². The Morgan fingerprint density at radius 3 is 2.53 bits per heavy atom. The highest BCUT2D eigenvalue weighted by atomic mass is 35.5. The van der Waals surface area contributed by atoms with E-state index in [2.05, 4.69) is 12.1 Å². The van der Waals surface area contributed by atoms with Crippen molar-refractivity contribution >= 4 is 23.2 Å². The Bertz CT molecular complexity index is 605. The second-order valence-corrected chi connectivity index (χ2v) is 5.78. The molecule has 0 amide bonds. The molecule has 0 aliphatic heterocycles. The summed E-state index contributed by atoms with van der Waals surface area (Å²) < 4.78 is 0. The minimum Gasteiger partial charge on any atom is -0.384 e. The lowest BCUT2D eigenvalue weighted by Gasteiger charge is -2.15. The number of aliphatic hydroxyl groups excluding tert-OH is 1. The number of halogens is 2. The lowest BCUT2D eigenvalue weighted by atomic mass is 9.98. The highest BCUT2D eigenvalue weighted by Gasteiger charge is 2.24. The fourth-order valence-corrected chi connectivity index (χ4v) is 2.72. The molecule has 2 aromatic rings. The van der Waals surface area contributed by atoms with Crippen molar-refractivity contribution < 1.29 is 5.11 Å². The van der Waals surface area contributed by atoms with Gasteiger partial charge in [-0.25, -0.2) is 0 Å². The van der Waals surface area contributed by atoms with E-state index in [0.29, 0.717) is 21.5 Å². The van der Waals surface area contributed by atoms with Crippen LogP contribution < -0.4 is 0 Å². The van der Waals surface area contributed by atoms with E-state index in [1.807, 2.05) is 18.2 Å². The predicted molar refractivity (Wildman–Crippen MR) is 78.9 cm³/mol. The fourth-order valence-electron chi connectivity index (χ4n) is 2.31. The van der Waals surface area contributed by atoms with Gasteiger partial charge in [0.25, 0.3) is 0 Å². The Labute approximate surface area is 122 Å². The molecule has 19 heavy (non-hydrogen) atoms. The minimum atomic E-state index is -0.732. The summed E-state index contributed by atoms with van der Waals surface area (Å²) in [6, 6.07) is 13.4. The van der Waals surface area contributed by atoms with Crippen LogP contribution in [0.15, 0.2) is 42.5 Å². The SMILES string of the molecule is OC(c1cccc(C2CC2)c1)c1cccc(Cl)c1Cl. The molecule has 3 heteroatoms. The van der Waals surface area contributed by atoms with Gasteiger partial charge < -0.3 is 5.11 Å². The van der Waals surface area contributed by atoms with Gasteiger partial charge in [-0.2, -0.15) is 0 Å². The molecule has 0 heterocycles. The van der Waals surface area contributed by atoms with Crippen LogP contribution in [0.4, 0.5) is 0 Å². The molecule has 0 bridgehead atoms. The van der Waals surface area contributed by atoms with Crippen LogP contribution in [0, 0.1) is 0 Å². The number of hydrogen-bond donors (Lipinski definition) is 1. The Morgan fingerprint density at radius 1 is 1.05 bits per heavy atom. The molecule has 1 nitrogen and oxygen atoms in total. The van der Waals surface area contributed by atoms with Crippen LogP contribution in [-0.4, -0.2) is 5.11 Å². The maximum atomic E-state index is 10.5. The summed E-state index contributed by atoms with van der Waals surface area (Å²) in [7, 11) is 0. The van der Waals surface area contributed by atoms with E-state index < -0.39 is 6.10 Å². The van der Waals surface area contributed by atoms with Crippen LogP contribution in [-0.2, 0) is 0 Å². The van der Waals surface area contributed by atoms with Gasteiger partial charge in [-0.1, -0.05) is 59.6 Å². The third-order valence-electron chi connectivity index (χ3n) is 3.55. The van der Waals surface area contributed by atoms with Gasteiger partial charge in [-0.3, -0.25) is 0 Å². The van der Waals surface area contributed by atoms with Crippen LogP contribution >= 0.6 is 23.2 Å². The fraction of sp³-hybridized carbons (Fsp3) is 0.250. The molecule has 0 saturated heterocycles. The van der Waals surface area contributed by atoms with E-state index in [0.717, 1.165) is 5.56 Å². The van der Waals surface area contributed by atoms with Crippen LogP contribution in [0.5, 0.6) is 0 Å². The smallest absolute Gasteiger partial charge is 0.106 e. The molecule has 1 unspecified atom stereocenters. The van der Waals surface area contributed by atoms with Crippen LogP contribution in [0.25, 0.3) is 0 Å². The van der Waals surface area contributed by atoms with Crippen molar-refractivity contribution in [2.24, 2.45) is 0 Å². The van der Waals surface area contributed by atoms with E-state index in [1.165, 1.54) is 18.4 Å². The summed E-state index contributed by atoms with van der Waals surface area (Å²) in [5.74, 6) is 0.669. The van der Waals surface area contributed by atoms with Gasteiger partial charge in [-0.15, -0.1) is 0 Å². The predicted octanol–water partition coefficient (Wildman–Crippen LogP) is 4.95. The standard InChI is InChI=1S/C16H14Cl2O/c17-14-6-2-5-13(15(14)18)16(19)12-4-1-3-11(9-12)10-7-8-10/h1-6,9-10,16,19H,7-8H2. The van der Waals surface area contributed by atoms with E-state index in [9.17, 15) is 5.11 Å². The Morgan fingerprint density at radius 2 is 1.79 bits per heavy atom. The molecule has 0 aromatic heterocycles. The van der Waals surface area contributed by atoms with Gasteiger partial charge in [0, 0.05) is 5.56 Å². The third-order valence-corrected chi connectivity index (χ3v) is 4.38. The number of aliphatic hydroxyl groups is 1. The van der Waals surface area contributed by atoms with Gasteiger partial charge in [0.15, 0.2) is 0 Å². The maximum Gasteiger partial charge on any atom is 0.106 e. The molecule has 2 aromatic carbocycles. The van der Waals surface area contributed by atoms with Crippen molar-refractivity contribution in [1.29, 1.82) is 0 Å². The van der Waals surface area contributed by atoms with Crippen LogP contribution in [0.3, 0.4) is 0 Å². The van der Waals surface area contributed by atoms with Gasteiger partial charge in [0.1, 0.15) is 6.10 Å². The second-order valence-electron chi connectivity index (χ2n) is 4.99. The molecule has 98 valence electrons. The third kappa shape index (κ3) is 2.64. The van der Waals surface area contributed by atoms with Gasteiger partial charge in [0.2, 0.25) is 0 Å². The molecular formula is C16H14Cl2O. The summed E-state index contributed by atoms with van der Waals surface area (Å²) in [6.45, 7) is 0. The minimum absolute atomic E-state index is 0.425. The summed E-state index contributed by atoms with van der Waals surface area (Å²) >= 11 is 12.2. The van der Waals surface area contributed by atoms with Crippen molar-refractivity contribution in [3.05, 3.63) is 69.2 Å². The molecule has 3 rings (SSSR count). The summed E-state index contributed by atoms with van der Waals surface area (Å²) in [4.78, 5) is 0. The zero-order chi connectivity index (χ0) is 13.4. The first-order valence-electron chi connectivity index (χ1n) is 6.38. The van der Waals surface area contributed by atoms with Crippen molar-refractivity contribution in [3.63, 3.8) is 0 Å². The summed E-state index contributed by atoms with van der Waals surface area (Å²) in [5.41, 5.74) is 2.82. The summed E-state index contributed by atoms with van der Waals surface area (Å²) in [5, 5.41) is 11.4. The van der Waals surface area contributed by atoms with Crippen LogP contribution in [0.1, 0.15) is 41.6 Å². The highest BCUT2D eigenvalue weighted by molar-refractivity contribution is 6.42. The number of hydrogen-bond acceptors (Lipinski definition) is 1. The van der Waals surface area contributed by atoms with E-state index >= 15 is 0 Å². The van der Waals surface area contributed by atoms with E-state index in [1.54, 1.807) is 12.1 Å². The quantitative estimate of drug-likeness (QED) is 0.848. The zero-order valence-corrected chi connectivity index (χ0v) is 11.8. The highest BCUT2D eigenvalue weighted by Crippen LogP contribution is 2.41. The molecule has 1 atom stereocenters. The average molecular weight is 293 g/mol. The Kier molecular flexibility index (Phi) is 3.53. The maximum absolute atomic E-state index is 10.5. The topological polar surface area (TPSA) is 20.2 Å². The van der Waals surface area contributed by atoms with E-state index in [-0.39, 0.29) is 0 Å². The normalized spacial score (nSPS) is 16.4. The average Bonchev–Trinajstić information content (AvgIpc) is 3.26. The molecule has 0 spiro atoms. The molecule has 1 saturated carbocycles. The first-order chi connectivity index (χ1) is 9.16. The molecule has 1 aliphatic carbocycles. The molecular weight excluding hydrogens is 279 g/mol. The van der Waals surface area contributed by atoms with Crippen LogP contribution in [0.2, 0.25) is 10.0 Å².